The van der Waals surface area contributed by atoms with Crippen LogP contribution in [0.2, 0.25) is 0 Å². The summed E-state index contributed by atoms with van der Waals surface area (Å²) in [5, 5.41) is 13.2. The Labute approximate surface area is 338 Å². The average Bonchev–Trinajstić information content (AvgIpc) is 3.79. The lowest BCUT2D eigenvalue weighted by atomic mass is 9.99. The van der Waals surface area contributed by atoms with Crippen LogP contribution in [0, 0.1) is 0 Å². The summed E-state index contributed by atoms with van der Waals surface area (Å²) in [7, 11) is 4.05. The number of alkyl carbamates (subject to hydrolysis) is 1. The molecule has 0 spiro atoms. The fraction of sp³-hybridized carbons (Fsp3) is 0.838. The van der Waals surface area contributed by atoms with Gasteiger partial charge in [0, 0.05) is 27.1 Å². The lowest BCUT2D eigenvalue weighted by molar-refractivity contribution is -0.220. The van der Waals surface area contributed by atoms with Crippen LogP contribution < -0.4 is 26.6 Å². The molecule has 21 heteroatoms. The second-order valence-corrected chi connectivity index (χ2v) is 16.6. The number of carbonyl (C=O) groups excluding carboxylic acids is 6. The van der Waals surface area contributed by atoms with Gasteiger partial charge in [-0.2, -0.15) is 0 Å². The van der Waals surface area contributed by atoms with Gasteiger partial charge in [0.05, 0.1) is 19.2 Å². The molecule has 0 aromatic heterocycles. The molecule has 4 saturated heterocycles. The summed E-state index contributed by atoms with van der Waals surface area (Å²) in [6.07, 6.45) is -8.18. The minimum absolute atomic E-state index is 0.379. The molecule has 0 aliphatic carbocycles. The summed E-state index contributed by atoms with van der Waals surface area (Å²) in [5.74, 6) is -5.28. The molecule has 13 atom stereocenters. The summed E-state index contributed by atoms with van der Waals surface area (Å²) in [6, 6.07) is -5.37. The normalized spacial score (nSPS) is 30.7. The van der Waals surface area contributed by atoms with Gasteiger partial charge in [-0.25, -0.2) is 9.59 Å². The molecule has 0 aromatic carbocycles. The molecule has 4 aliphatic heterocycles. The molecule has 4 heterocycles. The third kappa shape index (κ3) is 12.0. The quantitative estimate of drug-likeness (QED) is 0.124. The summed E-state index contributed by atoms with van der Waals surface area (Å²) in [6.45, 7) is 16.2. The number of hydrogen-bond acceptors (Lipinski definition) is 16. The highest BCUT2D eigenvalue weighted by atomic mass is 16.9. The monoisotopic (exact) mass is 831 g/mol. The molecule has 58 heavy (non-hydrogen) atoms. The molecule has 4 fully saturated rings. The van der Waals surface area contributed by atoms with Gasteiger partial charge in [0.25, 0.3) is 0 Å². The lowest BCUT2D eigenvalue weighted by Gasteiger charge is -2.32. The maximum absolute atomic E-state index is 13.8. The lowest BCUT2D eigenvalue weighted by Crippen LogP contribution is -2.57. The van der Waals surface area contributed by atoms with Crippen molar-refractivity contribution in [2.45, 2.75) is 179 Å². The second-order valence-electron chi connectivity index (χ2n) is 16.6. The largest absolute Gasteiger partial charge is 0.467 e. The Morgan fingerprint density at radius 1 is 0.603 bits per heavy atom. The Kier molecular flexibility index (Phi) is 15.1. The van der Waals surface area contributed by atoms with Gasteiger partial charge in [-0.05, 0) is 69.2 Å². The highest BCUT2D eigenvalue weighted by molar-refractivity contribution is 5.91. The number of esters is 1. The molecule has 0 saturated carbocycles. The van der Waals surface area contributed by atoms with Crippen LogP contribution in [-0.2, 0) is 71.3 Å². The number of ether oxygens (including phenoxy) is 10. The van der Waals surface area contributed by atoms with Crippen LogP contribution in [0.1, 0.15) is 82.1 Å². The highest BCUT2D eigenvalue weighted by Crippen LogP contribution is 2.41. The standard InChI is InChI=1S/C37H61N5O16/c1-16(29(45)40-18(3)31(47)51-13)38-21(43)14-19(23-25(49-11)27-32(52-23)56-36(7,8)54-27)41-30(46)17(2)39-22(44)15-20(42-34(48)58-35(4,5)6)24-26(50-12)28-33(53-24)57-37(9,10)55-28/h16-20,23-28,32-33H,14-15H2,1-13H3,(H,38,43)(H,39,44)(H,40,45)(H,41,46)(H,42,48)/t16-,17-,18-,19-,20-,23+,24+,25-,26-,27+,28+,32+,33+/m0/s1. The minimum Gasteiger partial charge on any atom is -0.467 e. The van der Waals surface area contributed by atoms with Crippen LogP contribution in [-0.4, -0.2) is 154 Å². The molecule has 4 aliphatic rings. The first kappa shape index (κ1) is 47.0. The third-order valence-corrected chi connectivity index (χ3v) is 9.69. The van der Waals surface area contributed by atoms with Gasteiger partial charge in [-0.15, -0.1) is 0 Å². The Morgan fingerprint density at radius 3 is 1.41 bits per heavy atom. The first-order chi connectivity index (χ1) is 26.9. The zero-order chi connectivity index (χ0) is 43.5. The minimum atomic E-state index is -1.19. The van der Waals surface area contributed by atoms with Crippen molar-refractivity contribution >= 4 is 35.7 Å². The number of rotatable bonds is 16. The smallest absolute Gasteiger partial charge is 0.407 e. The highest BCUT2D eigenvalue weighted by Gasteiger charge is 2.59. The summed E-state index contributed by atoms with van der Waals surface area (Å²) >= 11 is 0. The first-order valence-corrected chi connectivity index (χ1v) is 19.2. The molecule has 0 aromatic rings. The SMILES string of the molecule is COC(=O)[C@H](C)NC(=O)[C@H](C)NC(=O)C[C@H](NC(=O)[C@H](C)NC(=O)C[C@H](NC(=O)OC(C)(C)C)[C@H]1O[C@@H]2OC(C)(C)O[C@@H]2[C@H]1OC)[C@H]1O[C@@H]2OC(C)(C)O[C@@H]2[C@H]1OC. The summed E-state index contributed by atoms with van der Waals surface area (Å²) in [5.41, 5.74) is -0.855. The van der Waals surface area contributed by atoms with Crippen molar-refractivity contribution in [2.24, 2.45) is 0 Å². The van der Waals surface area contributed by atoms with E-state index in [4.69, 9.17) is 42.6 Å². The van der Waals surface area contributed by atoms with Gasteiger partial charge in [-0.3, -0.25) is 19.2 Å². The average molecular weight is 832 g/mol. The molecule has 5 amide bonds. The molecule has 330 valence electrons. The van der Waals surface area contributed by atoms with E-state index < -0.39 is 139 Å². The number of fused-ring (bicyclic) bond motifs is 2. The van der Waals surface area contributed by atoms with Gasteiger partial charge >= 0.3 is 12.1 Å². The molecule has 0 unspecified atom stereocenters. The number of methoxy groups -OCH3 is 3. The number of hydrogen-bond donors (Lipinski definition) is 5. The first-order valence-electron chi connectivity index (χ1n) is 19.2. The van der Waals surface area contributed by atoms with Crippen LogP contribution >= 0.6 is 0 Å². The van der Waals surface area contributed by atoms with Crippen LogP contribution in [0.15, 0.2) is 0 Å². The van der Waals surface area contributed by atoms with Crippen molar-refractivity contribution in [3.8, 4) is 0 Å². The maximum Gasteiger partial charge on any atom is 0.407 e. The van der Waals surface area contributed by atoms with Crippen LogP contribution in [0.3, 0.4) is 0 Å². The van der Waals surface area contributed by atoms with Gasteiger partial charge in [0.15, 0.2) is 24.2 Å². The van der Waals surface area contributed by atoms with E-state index in [1.165, 1.54) is 42.1 Å². The van der Waals surface area contributed by atoms with E-state index in [1.807, 2.05) is 0 Å². The number of nitrogens with one attached hydrogen (secondary N) is 5. The number of amides is 5. The van der Waals surface area contributed by atoms with Gasteiger partial charge in [0.1, 0.15) is 60.4 Å². The van der Waals surface area contributed by atoms with Crippen molar-refractivity contribution < 1.29 is 76.1 Å². The summed E-state index contributed by atoms with van der Waals surface area (Å²) < 4.78 is 57.6. The predicted octanol–water partition coefficient (Wildman–Crippen LogP) is -0.385. The van der Waals surface area contributed by atoms with E-state index in [2.05, 4.69) is 31.3 Å². The van der Waals surface area contributed by atoms with Gasteiger partial charge in [0.2, 0.25) is 23.6 Å². The topological polar surface area (TPSA) is 255 Å². The molecule has 0 radical (unpaired) electrons. The molecule has 5 N–H and O–H groups in total. The van der Waals surface area contributed by atoms with Crippen molar-refractivity contribution in [2.75, 3.05) is 21.3 Å². The Hall–Kier alpha value is -3.70. The summed E-state index contributed by atoms with van der Waals surface area (Å²) in [4.78, 5) is 78.3. The van der Waals surface area contributed by atoms with E-state index in [0.29, 0.717) is 0 Å². The van der Waals surface area contributed by atoms with Crippen LogP contribution in [0.5, 0.6) is 0 Å². The molecule has 21 nitrogen and oxygen atoms in total. The van der Waals surface area contributed by atoms with Crippen LogP contribution in [0.25, 0.3) is 0 Å². The molecular formula is C37H61N5O16. The Bertz CT molecular complexity index is 1520. The fourth-order valence-corrected chi connectivity index (χ4v) is 7.16. The van der Waals surface area contributed by atoms with E-state index in [9.17, 15) is 28.8 Å². The number of carbonyl (C=O) groups is 6. The molecule has 0 bridgehead atoms. The van der Waals surface area contributed by atoms with Crippen molar-refractivity contribution in [3.63, 3.8) is 0 Å². The fourth-order valence-electron chi connectivity index (χ4n) is 7.16. The maximum atomic E-state index is 13.8. The molecular weight excluding hydrogens is 770 g/mol. The Morgan fingerprint density at radius 2 is 1.02 bits per heavy atom. The zero-order valence-corrected chi connectivity index (χ0v) is 35.5. The molecule has 4 rings (SSSR count). The van der Waals surface area contributed by atoms with Crippen molar-refractivity contribution in [1.82, 2.24) is 26.6 Å². The van der Waals surface area contributed by atoms with Crippen molar-refractivity contribution in [1.29, 1.82) is 0 Å². The van der Waals surface area contributed by atoms with E-state index in [-0.39, 0.29) is 6.42 Å². The van der Waals surface area contributed by atoms with Crippen molar-refractivity contribution in [3.05, 3.63) is 0 Å². The van der Waals surface area contributed by atoms with Gasteiger partial charge < -0.3 is 74.0 Å². The third-order valence-electron chi connectivity index (χ3n) is 9.69. The van der Waals surface area contributed by atoms with Crippen LogP contribution in [0.4, 0.5) is 4.79 Å². The second kappa shape index (κ2) is 18.7. The van der Waals surface area contributed by atoms with Gasteiger partial charge in [-0.1, -0.05) is 0 Å². The zero-order valence-electron chi connectivity index (χ0n) is 35.5. The Balaban J connectivity index is 1.47. The van der Waals surface area contributed by atoms with E-state index in [1.54, 1.807) is 48.5 Å². The van der Waals surface area contributed by atoms with E-state index in [0.717, 1.165) is 0 Å². The predicted molar refractivity (Wildman–Crippen MR) is 198 cm³/mol. The van der Waals surface area contributed by atoms with E-state index >= 15 is 0 Å².